The van der Waals surface area contributed by atoms with E-state index in [4.69, 9.17) is 14.2 Å². The zero-order valence-electron chi connectivity index (χ0n) is 17.8. The Labute approximate surface area is 181 Å². The topological polar surface area (TPSA) is 94.2 Å². The molecule has 1 N–H and O–H groups in total. The summed E-state index contributed by atoms with van der Waals surface area (Å²) in [4.78, 5) is 38.5. The second kappa shape index (κ2) is 9.97. The lowest BCUT2D eigenvalue weighted by Crippen LogP contribution is -2.28. The Morgan fingerprint density at radius 2 is 1.84 bits per heavy atom. The molecule has 0 aliphatic carbocycles. The highest BCUT2D eigenvalue weighted by atomic mass is 16.5. The lowest BCUT2D eigenvalue weighted by molar-refractivity contribution is -0.151. The van der Waals surface area contributed by atoms with Crippen LogP contribution in [0.1, 0.15) is 18.9 Å². The van der Waals surface area contributed by atoms with E-state index < -0.39 is 24.4 Å². The van der Waals surface area contributed by atoms with E-state index in [1.165, 1.54) is 19.1 Å². The summed E-state index contributed by atoms with van der Waals surface area (Å²) >= 11 is 0. The van der Waals surface area contributed by atoms with Gasteiger partial charge in [-0.15, -0.1) is 0 Å². The molecule has 0 spiro atoms. The van der Waals surface area contributed by atoms with E-state index >= 15 is 0 Å². The van der Waals surface area contributed by atoms with Crippen LogP contribution in [-0.4, -0.2) is 45.2 Å². The number of rotatable bonds is 8. The van der Waals surface area contributed by atoms with Gasteiger partial charge in [0.1, 0.15) is 11.5 Å². The number of methoxy groups -OCH3 is 2. The van der Waals surface area contributed by atoms with Gasteiger partial charge in [-0.3, -0.25) is 14.4 Å². The summed E-state index contributed by atoms with van der Waals surface area (Å²) in [6.45, 7) is 1.79. The van der Waals surface area contributed by atoms with Gasteiger partial charge in [0, 0.05) is 24.7 Å². The largest absolute Gasteiger partial charge is 0.497 e. The van der Waals surface area contributed by atoms with Crippen molar-refractivity contribution in [3.63, 3.8) is 0 Å². The van der Waals surface area contributed by atoms with Crippen molar-refractivity contribution in [3.8, 4) is 11.5 Å². The van der Waals surface area contributed by atoms with E-state index in [-0.39, 0.29) is 18.9 Å². The molecule has 2 aromatic rings. The fourth-order valence-electron chi connectivity index (χ4n) is 3.38. The molecule has 1 aliphatic heterocycles. The Hall–Kier alpha value is -3.55. The normalized spacial score (nSPS) is 15.5. The first kappa shape index (κ1) is 22.1. The van der Waals surface area contributed by atoms with Crippen LogP contribution in [0.4, 0.5) is 11.4 Å². The van der Waals surface area contributed by atoms with Crippen molar-refractivity contribution in [2.45, 2.75) is 19.8 Å². The number of amides is 2. The number of benzene rings is 2. The minimum atomic E-state index is -0.657. The van der Waals surface area contributed by atoms with Crippen molar-refractivity contribution in [1.29, 1.82) is 0 Å². The lowest BCUT2D eigenvalue weighted by Gasteiger charge is -2.20. The average Bonchev–Trinajstić information content (AvgIpc) is 3.18. The summed E-state index contributed by atoms with van der Waals surface area (Å²) in [6.07, 6.45) is 0.916. The number of hydrogen-bond acceptors (Lipinski definition) is 6. The average molecular weight is 426 g/mol. The van der Waals surface area contributed by atoms with Gasteiger partial charge in [0.15, 0.2) is 6.61 Å². The summed E-state index contributed by atoms with van der Waals surface area (Å²) in [7, 11) is 3.04. The molecule has 0 aromatic heterocycles. The summed E-state index contributed by atoms with van der Waals surface area (Å²) in [5, 5.41) is 2.69. The molecule has 0 bridgehead atoms. The van der Waals surface area contributed by atoms with E-state index in [2.05, 4.69) is 5.32 Å². The first-order chi connectivity index (χ1) is 14.9. The molecule has 8 heteroatoms. The lowest BCUT2D eigenvalue weighted by atomic mass is 10.1. The summed E-state index contributed by atoms with van der Waals surface area (Å²) in [5.41, 5.74) is 2.34. The molecule has 2 amide bonds. The van der Waals surface area contributed by atoms with Gasteiger partial charge >= 0.3 is 5.97 Å². The first-order valence-electron chi connectivity index (χ1n) is 10.0. The molecule has 8 nitrogen and oxygen atoms in total. The highest BCUT2D eigenvalue weighted by Gasteiger charge is 2.37. The van der Waals surface area contributed by atoms with E-state index in [9.17, 15) is 14.4 Å². The predicted molar refractivity (Wildman–Crippen MR) is 115 cm³/mol. The van der Waals surface area contributed by atoms with Crippen LogP contribution in [0.2, 0.25) is 0 Å². The third-order valence-corrected chi connectivity index (χ3v) is 5.13. The van der Waals surface area contributed by atoms with Gasteiger partial charge in [0.05, 0.1) is 25.8 Å². The zero-order chi connectivity index (χ0) is 22.4. The number of hydrogen-bond donors (Lipinski definition) is 1. The second-order valence-corrected chi connectivity index (χ2v) is 7.15. The standard InChI is InChI=1S/C23H26N2O6/c1-4-15-5-7-17(8-6-15)24-21(26)14-31-23(28)16-11-22(27)25(13-16)19-10-9-18(29-2)12-20(19)30-3/h5-10,12,16H,4,11,13-14H2,1-3H3,(H,24,26)/t16-/m1/s1. The molecular formula is C23H26N2O6. The number of nitrogens with one attached hydrogen (secondary N) is 1. The van der Waals surface area contributed by atoms with Crippen molar-refractivity contribution in [3.05, 3.63) is 48.0 Å². The molecule has 1 saturated heterocycles. The molecule has 2 aromatic carbocycles. The number of aryl methyl sites for hydroxylation is 1. The number of carbonyl (C=O) groups excluding carboxylic acids is 3. The van der Waals surface area contributed by atoms with Crippen LogP contribution < -0.4 is 19.7 Å². The van der Waals surface area contributed by atoms with Gasteiger partial charge in [-0.05, 0) is 36.2 Å². The SMILES string of the molecule is CCc1ccc(NC(=O)COC(=O)[C@@H]2CC(=O)N(c3ccc(OC)cc3OC)C2)cc1. The molecule has 1 atom stereocenters. The van der Waals surface area contributed by atoms with Gasteiger partial charge in [0.2, 0.25) is 5.91 Å². The molecule has 31 heavy (non-hydrogen) atoms. The maximum Gasteiger partial charge on any atom is 0.311 e. The molecule has 0 radical (unpaired) electrons. The van der Waals surface area contributed by atoms with E-state index in [0.29, 0.717) is 22.9 Å². The third-order valence-electron chi connectivity index (χ3n) is 5.13. The van der Waals surface area contributed by atoms with Crippen LogP contribution in [-0.2, 0) is 25.5 Å². The quantitative estimate of drug-likeness (QED) is 0.653. The van der Waals surface area contributed by atoms with E-state index in [1.54, 1.807) is 30.3 Å². The summed E-state index contributed by atoms with van der Waals surface area (Å²) < 4.78 is 15.7. The molecule has 1 aliphatic rings. The zero-order valence-corrected chi connectivity index (χ0v) is 17.8. The summed E-state index contributed by atoms with van der Waals surface area (Å²) in [5.74, 6) is -0.828. The molecular weight excluding hydrogens is 400 g/mol. The van der Waals surface area contributed by atoms with Crippen molar-refractivity contribution < 1.29 is 28.6 Å². The Morgan fingerprint density at radius 3 is 2.48 bits per heavy atom. The maximum atomic E-state index is 12.5. The fraction of sp³-hybridized carbons (Fsp3) is 0.348. The summed E-state index contributed by atoms with van der Waals surface area (Å²) in [6, 6.07) is 12.5. The van der Waals surface area contributed by atoms with Gasteiger partial charge < -0.3 is 24.4 Å². The van der Waals surface area contributed by atoms with Gasteiger partial charge in [-0.25, -0.2) is 0 Å². The first-order valence-corrected chi connectivity index (χ1v) is 10.0. The van der Waals surface area contributed by atoms with Gasteiger partial charge in [0.25, 0.3) is 5.91 Å². The van der Waals surface area contributed by atoms with Crippen LogP contribution in [0.15, 0.2) is 42.5 Å². The second-order valence-electron chi connectivity index (χ2n) is 7.15. The van der Waals surface area contributed by atoms with Crippen LogP contribution >= 0.6 is 0 Å². The van der Waals surface area contributed by atoms with Crippen LogP contribution in [0.5, 0.6) is 11.5 Å². The number of esters is 1. The third kappa shape index (κ3) is 5.33. The molecule has 0 saturated carbocycles. The molecule has 3 rings (SSSR count). The maximum absolute atomic E-state index is 12.5. The highest BCUT2D eigenvalue weighted by Crippen LogP contribution is 2.36. The number of carbonyl (C=O) groups is 3. The minimum Gasteiger partial charge on any atom is -0.497 e. The molecule has 1 heterocycles. The van der Waals surface area contributed by atoms with Crippen molar-refractivity contribution in [1.82, 2.24) is 0 Å². The van der Waals surface area contributed by atoms with Gasteiger partial charge in [-0.1, -0.05) is 19.1 Å². The molecule has 0 unspecified atom stereocenters. The fourth-order valence-corrected chi connectivity index (χ4v) is 3.38. The van der Waals surface area contributed by atoms with Crippen molar-refractivity contribution in [2.75, 3.05) is 37.6 Å². The minimum absolute atomic E-state index is 0.00805. The van der Waals surface area contributed by atoms with E-state index in [1.807, 2.05) is 19.1 Å². The van der Waals surface area contributed by atoms with E-state index in [0.717, 1.165) is 12.0 Å². The highest BCUT2D eigenvalue weighted by molar-refractivity contribution is 6.01. The van der Waals surface area contributed by atoms with Crippen molar-refractivity contribution >= 4 is 29.2 Å². The Morgan fingerprint density at radius 1 is 1.10 bits per heavy atom. The Bertz CT molecular complexity index is 957. The van der Waals surface area contributed by atoms with Crippen molar-refractivity contribution in [2.24, 2.45) is 5.92 Å². The number of anilines is 2. The monoisotopic (exact) mass is 426 g/mol. The van der Waals surface area contributed by atoms with Crippen LogP contribution in [0.25, 0.3) is 0 Å². The number of ether oxygens (including phenoxy) is 3. The van der Waals surface area contributed by atoms with Crippen LogP contribution in [0.3, 0.4) is 0 Å². The number of nitrogens with zero attached hydrogens (tertiary/aromatic N) is 1. The molecule has 1 fully saturated rings. The Balaban J connectivity index is 1.56. The smallest absolute Gasteiger partial charge is 0.311 e. The molecule has 164 valence electrons. The predicted octanol–water partition coefficient (Wildman–Crippen LogP) is 2.80. The van der Waals surface area contributed by atoms with Crippen LogP contribution in [0, 0.1) is 5.92 Å². The van der Waals surface area contributed by atoms with Gasteiger partial charge in [-0.2, -0.15) is 0 Å². The Kier molecular flexibility index (Phi) is 7.12.